The molecule has 0 radical (unpaired) electrons. The Labute approximate surface area is 135 Å². The molecule has 2 aromatic rings. The largest absolute Gasteiger partial charge is 0.493 e. The molecule has 20 heavy (non-hydrogen) atoms. The van der Waals surface area contributed by atoms with Crippen LogP contribution in [-0.2, 0) is 13.0 Å². The van der Waals surface area contributed by atoms with E-state index in [2.05, 4.69) is 61.2 Å². The van der Waals surface area contributed by atoms with Crippen LogP contribution in [-0.4, -0.2) is 11.6 Å². The van der Waals surface area contributed by atoms with E-state index in [1.165, 1.54) is 11.1 Å². The number of ether oxygens (including phenoxy) is 1. The summed E-state index contributed by atoms with van der Waals surface area (Å²) < 4.78 is 7.85. The SMILES string of the molecule is Cc1cc(NCc2cc(Br)cc3c2OCC3)ncc1Br. The first-order valence-corrected chi connectivity index (χ1v) is 8.02. The van der Waals surface area contributed by atoms with Crippen LogP contribution in [0, 0.1) is 6.92 Å². The second kappa shape index (κ2) is 5.74. The predicted octanol–water partition coefficient (Wildman–Crippen LogP) is 4.46. The van der Waals surface area contributed by atoms with Gasteiger partial charge in [-0.1, -0.05) is 15.9 Å². The maximum atomic E-state index is 5.73. The van der Waals surface area contributed by atoms with E-state index in [1.807, 2.05) is 12.3 Å². The number of hydrogen-bond acceptors (Lipinski definition) is 3. The Bertz CT molecular complexity index is 659. The van der Waals surface area contributed by atoms with Gasteiger partial charge in [0.2, 0.25) is 0 Å². The Morgan fingerprint density at radius 3 is 2.95 bits per heavy atom. The molecule has 0 unspecified atom stereocenters. The molecule has 0 amide bonds. The van der Waals surface area contributed by atoms with Gasteiger partial charge < -0.3 is 10.1 Å². The Balaban J connectivity index is 1.80. The van der Waals surface area contributed by atoms with Gasteiger partial charge in [0.05, 0.1) is 6.61 Å². The lowest BCUT2D eigenvalue weighted by Gasteiger charge is -2.11. The molecule has 1 aromatic carbocycles. The zero-order chi connectivity index (χ0) is 14.1. The van der Waals surface area contributed by atoms with Crippen LogP contribution in [0.15, 0.2) is 33.3 Å². The van der Waals surface area contributed by atoms with Crippen LogP contribution in [0.5, 0.6) is 5.75 Å². The van der Waals surface area contributed by atoms with Crippen molar-refractivity contribution in [2.75, 3.05) is 11.9 Å². The van der Waals surface area contributed by atoms with Gasteiger partial charge in [-0.15, -0.1) is 0 Å². The van der Waals surface area contributed by atoms with E-state index in [1.54, 1.807) is 0 Å². The molecule has 0 aliphatic carbocycles. The standard InChI is InChI=1S/C15H14Br2N2O/c1-9-4-14(19-8-13(9)17)18-7-11-6-12(16)5-10-2-3-20-15(10)11/h4-6,8H,2-3,7H2,1H3,(H,18,19). The first kappa shape index (κ1) is 13.9. The molecule has 0 atom stereocenters. The summed E-state index contributed by atoms with van der Waals surface area (Å²) in [5, 5.41) is 3.35. The molecule has 5 heteroatoms. The van der Waals surface area contributed by atoms with Crippen molar-refractivity contribution in [2.24, 2.45) is 0 Å². The van der Waals surface area contributed by atoms with Gasteiger partial charge in [0.25, 0.3) is 0 Å². The normalized spacial score (nSPS) is 12.9. The highest BCUT2D eigenvalue weighted by atomic mass is 79.9. The summed E-state index contributed by atoms with van der Waals surface area (Å²) in [5.41, 5.74) is 3.60. The first-order valence-electron chi connectivity index (χ1n) is 6.43. The van der Waals surface area contributed by atoms with Gasteiger partial charge in [-0.25, -0.2) is 4.98 Å². The average molecular weight is 398 g/mol. The number of fused-ring (bicyclic) bond motifs is 1. The zero-order valence-corrected chi connectivity index (χ0v) is 14.2. The van der Waals surface area contributed by atoms with Gasteiger partial charge in [-0.3, -0.25) is 0 Å². The molecule has 2 heterocycles. The van der Waals surface area contributed by atoms with Crippen molar-refractivity contribution >= 4 is 37.7 Å². The number of rotatable bonds is 3. The summed E-state index contributed by atoms with van der Waals surface area (Å²) in [6.07, 6.45) is 2.80. The summed E-state index contributed by atoms with van der Waals surface area (Å²) >= 11 is 7.02. The van der Waals surface area contributed by atoms with Crippen molar-refractivity contribution in [3.63, 3.8) is 0 Å². The molecule has 1 aromatic heterocycles. The minimum absolute atomic E-state index is 0.704. The van der Waals surface area contributed by atoms with E-state index in [9.17, 15) is 0 Å². The van der Waals surface area contributed by atoms with Gasteiger partial charge in [0, 0.05) is 33.7 Å². The topological polar surface area (TPSA) is 34.1 Å². The van der Waals surface area contributed by atoms with Crippen molar-refractivity contribution in [2.45, 2.75) is 19.9 Å². The zero-order valence-electron chi connectivity index (χ0n) is 11.0. The third-order valence-corrected chi connectivity index (χ3v) is 4.62. The van der Waals surface area contributed by atoms with Crippen molar-refractivity contribution in [1.82, 2.24) is 4.98 Å². The monoisotopic (exact) mass is 396 g/mol. The molecule has 3 nitrogen and oxygen atoms in total. The van der Waals surface area contributed by atoms with Crippen LogP contribution < -0.4 is 10.1 Å². The molecule has 0 bridgehead atoms. The molecule has 0 saturated heterocycles. The average Bonchev–Trinajstić information content (AvgIpc) is 2.88. The highest BCUT2D eigenvalue weighted by Gasteiger charge is 2.17. The van der Waals surface area contributed by atoms with Gasteiger partial charge in [-0.2, -0.15) is 0 Å². The van der Waals surface area contributed by atoms with Crippen molar-refractivity contribution < 1.29 is 4.74 Å². The molecule has 1 aliphatic heterocycles. The second-order valence-electron chi connectivity index (χ2n) is 4.82. The van der Waals surface area contributed by atoms with Gasteiger partial charge in [0.1, 0.15) is 11.6 Å². The molecule has 1 aliphatic rings. The number of hydrogen-bond donors (Lipinski definition) is 1. The van der Waals surface area contributed by atoms with E-state index >= 15 is 0 Å². The number of anilines is 1. The quantitative estimate of drug-likeness (QED) is 0.829. The number of benzene rings is 1. The van der Waals surface area contributed by atoms with Gasteiger partial charge in [0.15, 0.2) is 0 Å². The summed E-state index contributed by atoms with van der Waals surface area (Å²) in [4.78, 5) is 4.36. The lowest BCUT2D eigenvalue weighted by Crippen LogP contribution is -2.03. The maximum Gasteiger partial charge on any atom is 0.127 e. The van der Waals surface area contributed by atoms with Crippen LogP contribution in [0.3, 0.4) is 0 Å². The molecule has 104 valence electrons. The number of aryl methyl sites for hydroxylation is 1. The lowest BCUT2D eigenvalue weighted by molar-refractivity contribution is 0.354. The third-order valence-electron chi connectivity index (χ3n) is 3.33. The highest BCUT2D eigenvalue weighted by Crippen LogP contribution is 2.33. The summed E-state index contributed by atoms with van der Waals surface area (Å²) in [6, 6.07) is 6.26. The van der Waals surface area contributed by atoms with Crippen LogP contribution in [0.4, 0.5) is 5.82 Å². The van der Waals surface area contributed by atoms with E-state index in [0.717, 1.165) is 39.1 Å². The fourth-order valence-electron chi connectivity index (χ4n) is 2.30. The predicted molar refractivity (Wildman–Crippen MR) is 87.3 cm³/mol. The van der Waals surface area contributed by atoms with Gasteiger partial charge >= 0.3 is 0 Å². The first-order chi connectivity index (χ1) is 9.63. The number of aromatic nitrogens is 1. The Morgan fingerprint density at radius 2 is 2.15 bits per heavy atom. The number of halogens is 2. The molecule has 1 N–H and O–H groups in total. The Morgan fingerprint density at radius 1 is 1.30 bits per heavy atom. The summed E-state index contributed by atoms with van der Waals surface area (Å²) in [6.45, 7) is 3.53. The molecule has 0 fully saturated rings. The number of nitrogens with one attached hydrogen (secondary N) is 1. The molecule has 0 spiro atoms. The van der Waals surface area contributed by atoms with Crippen molar-refractivity contribution in [1.29, 1.82) is 0 Å². The van der Waals surface area contributed by atoms with E-state index in [4.69, 9.17) is 4.74 Å². The Kier molecular flexibility index (Phi) is 3.98. The van der Waals surface area contributed by atoms with Gasteiger partial charge in [-0.05, 0) is 52.2 Å². The van der Waals surface area contributed by atoms with E-state index in [0.29, 0.717) is 6.54 Å². The van der Waals surface area contributed by atoms with Crippen LogP contribution >= 0.6 is 31.9 Å². The van der Waals surface area contributed by atoms with Crippen LogP contribution in [0.25, 0.3) is 0 Å². The molecule has 3 rings (SSSR count). The summed E-state index contributed by atoms with van der Waals surface area (Å²) in [7, 11) is 0. The fraction of sp³-hybridized carbons (Fsp3) is 0.267. The minimum Gasteiger partial charge on any atom is -0.493 e. The number of nitrogens with zero attached hydrogens (tertiary/aromatic N) is 1. The number of pyridine rings is 1. The van der Waals surface area contributed by atoms with Crippen LogP contribution in [0.1, 0.15) is 16.7 Å². The fourth-order valence-corrected chi connectivity index (χ4v) is 3.07. The minimum atomic E-state index is 0.704. The lowest BCUT2D eigenvalue weighted by atomic mass is 10.1. The van der Waals surface area contributed by atoms with E-state index < -0.39 is 0 Å². The Hall–Kier alpha value is -1.07. The second-order valence-corrected chi connectivity index (χ2v) is 6.59. The molecule has 0 saturated carbocycles. The smallest absolute Gasteiger partial charge is 0.127 e. The highest BCUT2D eigenvalue weighted by molar-refractivity contribution is 9.10. The molecular weight excluding hydrogens is 384 g/mol. The molecular formula is C15H14Br2N2O. The third kappa shape index (κ3) is 2.83. The van der Waals surface area contributed by atoms with Crippen molar-refractivity contribution in [3.05, 3.63) is 50.0 Å². The maximum absolute atomic E-state index is 5.73. The van der Waals surface area contributed by atoms with Crippen molar-refractivity contribution in [3.8, 4) is 5.75 Å². The summed E-state index contributed by atoms with van der Waals surface area (Å²) in [5.74, 6) is 1.90. The van der Waals surface area contributed by atoms with Crippen LogP contribution in [0.2, 0.25) is 0 Å². The van der Waals surface area contributed by atoms with E-state index in [-0.39, 0.29) is 0 Å².